The van der Waals surface area contributed by atoms with Gasteiger partial charge in [-0.15, -0.1) is 0 Å². The third kappa shape index (κ3) is 6.14. The molecule has 0 spiro atoms. The Labute approximate surface area is 250 Å². The summed E-state index contributed by atoms with van der Waals surface area (Å²) in [4.78, 5) is 34.7. The number of hydrogen-bond donors (Lipinski definition) is 1. The lowest BCUT2D eigenvalue weighted by Gasteiger charge is -2.37. The number of nitrogens with zero attached hydrogens (tertiary/aromatic N) is 4. The first kappa shape index (κ1) is 29.2. The molecule has 3 heterocycles. The second kappa shape index (κ2) is 12.3. The Hall–Kier alpha value is -3.34. The molecule has 0 saturated carbocycles. The van der Waals surface area contributed by atoms with Gasteiger partial charge in [-0.1, -0.05) is 47.5 Å². The lowest BCUT2D eigenvalue weighted by Crippen LogP contribution is -2.53. The summed E-state index contributed by atoms with van der Waals surface area (Å²) in [5.41, 5.74) is 0.580. The molecule has 5 rings (SSSR count). The van der Waals surface area contributed by atoms with E-state index in [1.54, 1.807) is 42.4 Å². The molecule has 41 heavy (non-hydrogen) atoms. The van der Waals surface area contributed by atoms with Crippen LogP contribution in [0.25, 0.3) is 0 Å². The predicted octanol–water partition coefficient (Wildman–Crippen LogP) is 5.06. The highest BCUT2D eigenvalue weighted by molar-refractivity contribution is 7.93. The number of anilines is 3. The molecule has 2 aliphatic rings. The highest BCUT2D eigenvalue weighted by Gasteiger charge is 2.43. The highest BCUT2D eigenvalue weighted by atomic mass is 35.5. The van der Waals surface area contributed by atoms with Crippen molar-refractivity contribution in [1.82, 2.24) is 9.88 Å². The number of hydrogen-bond acceptors (Lipinski definition) is 6. The normalized spacial score (nSPS) is 17.6. The lowest BCUT2D eigenvalue weighted by atomic mass is 9.93. The number of carbonyl (C=O) groups is 2. The Kier molecular flexibility index (Phi) is 8.72. The molecule has 2 aliphatic heterocycles. The van der Waals surface area contributed by atoms with Gasteiger partial charge in [0.05, 0.1) is 27.8 Å². The predicted molar refractivity (Wildman–Crippen MR) is 161 cm³/mol. The van der Waals surface area contributed by atoms with Gasteiger partial charge in [0, 0.05) is 32.9 Å². The summed E-state index contributed by atoms with van der Waals surface area (Å²) in [6.07, 6.45) is 4.27. The van der Waals surface area contributed by atoms with Crippen molar-refractivity contribution >= 4 is 62.2 Å². The molecule has 0 radical (unpaired) electrons. The molecule has 3 aromatic rings. The smallest absolute Gasteiger partial charge is 0.266 e. The second-order valence-electron chi connectivity index (χ2n) is 10.3. The summed E-state index contributed by atoms with van der Waals surface area (Å²) in [6, 6.07) is 15.4. The summed E-state index contributed by atoms with van der Waals surface area (Å²) in [5, 5.41) is 2.68. The third-order valence-corrected chi connectivity index (χ3v) is 10.5. The Morgan fingerprint density at radius 2 is 1.78 bits per heavy atom. The molecule has 2 amide bonds. The average Bonchev–Trinajstić information content (AvgIpc) is 2.98. The van der Waals surface area contributed by atoms with E-state index >= 15 is 0 Å². The van der Waals surface area contributed by atoms with Crippen molar-refractivity contribution in [1.29, 1.82) is 0 Å². The van der Waals surface area contributed by atoms with Gasteiger partial charge < -0.3 is 15.1 Å². The molecule has 9 nitrogen and oxygen atoms in total. The Morgan fingerprint density at radius 1 is 1.05 bits per heavy atom. The first-order valence-corrected chi connectivity index (χ1v) is 15.6. The SMILES string of the molecule is CN(CCC1CCN(c2ccccn2)CC1)C(=O)C[C@@H]1C(=O)Nc2ccccc2N1S(=O)(=O)c1cccc(Cl)c1Cl. The number of pyridine rings is 1. The summed E-state index contributed by atoms with van der Waals surface area (Å²) in [7, 11) is -2.68. The topological polar surface area (TPSA) is 103 Å². The maximum atomic E-state index is 14.0. The Balaban J connectivity index is 1.29. The fourth-order valence-corrected chi connectivity index (χ4v) is 7.71. The number of amides is 2. The molecule has 1 atom stereocenters. The molecule has 1 N–H and O–H groups in total. The molecule has 1 saturated heterocycles. The fraction of sp³-hybridized carbons (Fsp3) is 0.345. The first-order valence-electron chi connectivity index (χ1n) is 13.4. The maximum Gasteiger partial charge on any atom is 0.266 e. The van der Waals surface area contributed by atoms with Crippen molar-refractivity contribution < 1.29 is 18.0 Å². The molecular formula is C29H31Cl2N5O4S. The van der Waals surface area contributed by atoms with Crippen molar-refractivity contribution in [3.8, 4) is 0 Å². The minimum absolute atomic E-state index is 0.0701. The Morgan fingerprint density at radius 3 is 2.51 bits per heavy atom. The summed E-state index contributed by atoms with van der Waals surface area (Å²) >= 11 is 12.4. The van der Waals surface area contributed by atoms with Gasteiger partial charge in [0.25, 0.3) is 10.0 Å². The zero-order chi connectivity index (χ0) is 29.1. The van der Waals surface area contributed by atoms with Gasteiger partial charge in [0.2, 0.25) is 11.8 Å². The zero-order valence-corrected chi connectivity index (χ0v) is 24.9. The van der Waals surface area contributed by atoms with Gasteiger partial charge in [0.15, 0.2) is 0 Å². The standard InChI is InChI=1S/C29H31Cl2N5O4S/c1-34(16-12-20-13-17-35(18-14-20)26-11-4-5-15-32-26)27(37)19-24-29(38)33-22-8-2-3-9-23(22)36(24)41(39,40)25-10-6-7-21(30)28(25)31/h2-11,15,20,24H,12-14,16-19H2,1H3,(H,33,38)/t24-/m1/s1. The summed E-state index contributed by atoms with van der Waals surface area (Å²) in [6.45, 7) is 2.31. The third-order valence-electron chi connectivity index (χ3n) is 7.69. The van der Waals surface area contributed by atoms with Crippen LogP contribution in [0.4, 0.5) is 17.2 Å². The van der Waals surface area contributed by atoms with E-state index in [0.29, 0.717) is 18.2 Å². The van der Waals surface area contributed by atoms with Gasteiger partial charge in [-0.25, -0.2) is 13.4 Å². The number of benzene rings is 2. The van der Waals surface area contributed by atoms with Gasteiger partial charge in [-0.3, -0.25) is 13.9 Å². The molecule has 2 aromatic carbocycles. The number of fused-ring (bicyclic) bond motifs is 1. The summed E-state index contributed by atoms with van der Waals surface area (Å²) in [5.74, 6) is 0.517. The van der Waals surface area contributed by atoms with Crippen molar-refractivity contribution in [2.24, 2.45) is 5.92 Å². The van der Waals surface area contributed by atoms with Crippen LogP contribution in [-0.4, -0.2) is 62.8 Å². The number of nitrogens with one attached hydrogen (secondary N) is 1. The Bertz CT molecular complexity index is 1530. The zero-order valence-electron chi connectivity index (χ0n) is 22.5. The second-order valence-corrected chi connectivity index (χ2v) is 12.9. The molecule has 0 unspecified atom stereocenters. The van der Waals surface area contributed by atoms with E-state index in [-0.39, 0.29) is 33.0 Å². The van der Waals surface area contributed by atoms with Gasteiger partial charge in [0.1, 0.15) is 16.8 Å². The molecule has 1 aromatic heterocycles. The number of rotatable bonds is 8. The van der Waals surface area contributed by atoms with E-state index in [0.717, 1.165) is 42.5 Å². The lowest BCUT2D eigenvalue weighted by molar-refractivity contribution is -0.132. The van der Waals surface area contributed by atoms with Crippen LogP contribution < -0.4 is 14.5 Å². The minimum atomic E-state index is -4.36. The number of para-hydroxylation sites is 2. The summed E-state index contributed by atoms with van der Waals surface area (Å²) < 4.78 is 28.9. The molecule has 1 fully saturated rings. The van der Waals surface area contributed by atoms with Crippen LogP contribution in [0.3, 0.4) is 0 Å². The molecule has 12 heteroatoms. The van der Waals surface area contributed by atoms with Crippen LogP contribution >= 0.6 is 23.2 Å². The van der Waals surface area contributed by atoms with Crippen molar-refractivity contribution in [3.05, 3.63) is 76.9 Å². The average molecular weight is 617 g/mol. The first-order chi connectivity index (χ1) is 19.7. The van der Waals surface area contributed by atoms with Crippen molar-refractivity contribution in [2.75, 3.05) is 41.2 Å². The van der Waals surface area contributed by atoms with E-state index in [4.69, 9.17) is 23.2 Å². The van der Waals surface area contributed by atoms with E-state index in [1.165, 1.54) is 18.2 Å². The van der Waals surface area contributed by atoms with Crippen LogP contribution in [-0.2, 0) is 19.6 Å². The fourth-order valence-electron chi connectivity index (χ4n) is 5.34. The van der Waals surface area contributed by atoms with Crippen molar-refractivity contribution in [3.63, 3.8) is 0 Å². The highest BCUT2D eigenvalue weighted by Crippen LogP contribution is 2.40. The van der Waals surface area contributed by atoms with Crippen LogP contribution in [0.1, 0.15) is 25.7 Å². The van der Waals surface area contributed by atoms with Crippen LogP contribution in [0.15, 0.2) is 71.8 Å². The molecular weight excluding hydrogens is 585 g/mol. The van der Waals surface area contributed by atoms with E-state index < -0.39 is 22.0 Å². The van der Waals surface area contributed by atoms with Gasteiger partial charge in [-0.05, 0) is 61.6 Å². The monoisotopic (exact) mass is 615 g/mol. The minimum Gasteiger partial charge on any atom is -0.357 e. The van der Waals surface area contributed by atoms with Crippen LogP contribution in [0, 0.1) is 5.92 Å². The van der Waals surface area contributed by atoms with E-state index in [9.17, 15) is 18.0 Å². The molecule has 216 valence electrons. The molecule has 0 bridgehead atoms. The largest absolute Gasteiger partial charge is 0.357 e. The number of aromatic nitrogens is 1. The number of halogens is 2. The number of sulfonamides is 1. The van der Waals surface area contributed by atoms with Crippen LogP contribution in [0.5, 0.6) is 0 Å². The number of piperidine rings is 1. The maximum absolute atomic E-state index is 14.0. The quantitative estimate of drug-likeness (QED) is 0.380. The van der Waals surface area contributed by atoms with Gasteiger partial charge >= 0.3 is 0 Å². The van der Waals surface area contributed by atoms with E-state index in [2.05, 4.69) is 15.2 Å². The van der Waals surface area contributed by atoms with Crippen molar-refractivity contribution in [2.45, 2.75) is 36.6 Å². The number of carbonyl (C=O) groups excluding carboxylic acids is 2. The molecule has 0 aliphatic carbocycles. The van der Waals surface area contributed by atoms with Gasteiger partial charge in [-0.2, -0.15) is 0 Å². The van der Waals surface area contributed by atoms with E-state index in [1.807, 2.05) is 18.2 Å². The van der Waals surface area contributed by atoms with Crippen LogP contribution in [0.2, 0.25) is 10.0 Å².